The topological polar surface area (TPSA) is 429 Å². The van der Waals surface area contributed by atoms with Crippen molar-refractivity contribution in [2.75, 3.05) is 26.7 Å². The van der Waals surface area contributed by atoms with Crippen LogP contribution in [0.3, 0.4) is 0 Å². The first kappa shape index (κ1) is 93.3. The highest BCUT2D eigenvalue weighted by Crippen LogP contribution is 2.36. The first-order chi connectivity index (χ1) is 52.8. The van der Waals surface area contributed by atoms with Gasteiger partial charge in [-0.15, -0.1) is 0 Å². The number of hydrogen-bond donors (Lipinski definition) is 10. The summed E-state index contributed by atoms with van der Waals surface area (Å²) in [5.74, 6) is -7.57. The molecule has 0 radical (unpaired) electrons. The van der Waals surface area contributed by atoms with Crippen LogP contribution in [0.5, 0.6) is 0 Å². The molecule has 5 rings (SSSR count). The molecule has 1 fully saturated rings. The molecule has 9 amide bonds. The molecule has 0 aliphatic heterocycles. The second-order valence-corrected chi connectivity index (χ2v) is 34.1. The Labute approximate surface area is 663 Å². The number of likely N-dealkylation sites (N-methyl/N-ethyl adjacent to an activating group) is 1. The lowest BCUT2D eigenvalue weighted by atomic mass is 9.73. The maximum absolute atomic E-state index is 15.5. The van der Waals surface area contributed by atoms with Gasteiger partial charge < -0.3 is 67.4 Å². The van der Waals surface area contributed by atoms with Gasteiger partial charge in [0.05, 0.1) is 16.6 Å². The number of Topliss-reactive ketones (excluding diaryl/α,β-unsaturated/α-hetero) is 2. The van der Waals surface area contributed by atoms with E-state index in [2.05, 4.69) is 63.2 Å². The molecular formula is C82H123N15O16. The fourth-order valence-corrected chi connectivity index (χ4v) is 13.2. The minimum atomic E-state index is -1.62. The quantitative estimate of drug-likeness (QED) is 0.00377. The van der Waals surface area contributed by atoms with Crippen molar-refractivity contribution in [3.8, 4) is 0 Å². The zero-order valence-electron chi connectivity index (χ0n) is 69.5. The van der Waals surface area contributed by atoms with Crippen molar-refractivity contribution >= 4 is 98.9 Å². The van der Waals surface area contributed by atoms with Crippen LogP contribution in [-0.4, -0.2) is 172 Å². The SMILES string of the molecule is CNC(=O)C(Cc1cc2ccccc2n1C(=O)OC(C)(C)C)NC(=O)C(CC(C)C)NC(=O)C(CCCCN=[N+]=[N-])NC(=O)C(NC(=O)C(CCCCNC(=O)OC(C)(C)C)NC(=O)C(Cc1cc2ccccc2n1C(=O)OC(C)(C)C)NC(=O)C(CCCCNC(CC(C)C)=C1C(=O)CC(C)(C)CC1=O)NC(C)=O)C(C)C. The molecular weight excluding hydrogens is 1450 g/mol. The Kier molecular flexibility index (Phi) is 35.1. The van der Waals surface area contributed by atoms with Crippen molar-refractivity contribution in [2.24, 2.45) is 28.3 Å². The number of hydrogen-bond acceptors (Lipinski definition) is 18. The van der Waals surface area contributed by atoms with Crippen LogP contribution in [0.25, 0.3) is 32.2 Å². The monoisotopic (exact) mass is 1570 g/mol. The minimum absolute atomic E-state index is 0.0413. The van der Waals surface area contributed by atoms with Crippen LogP contribution in [0.1, 0.15) is 219 Å². The number of nitrogens with one attached hydrogen (secondary N) is 10. The molecule has 2 aromatic heterocycles. The summed E-state index contributed by atoms with van der Waals surface area (Å²) in [5.41, 5.74) is 8.09. The Morgan fingerprint density at radius 1 is 0.513 bits per heavy atom. The Morgan fingerprint density at radius 2 is 0.920 bits per heavy atom. The number of carbonyl (C=O) groups excluding carboxylic acids is 13. The number of nitrogens with zero attached hydrogens (tertiary/aromatic N) is 5. The van der Waals surface area contributed by atoms with E-state index >= 15 is 14.4 Å². The van der Waals surface area contributed by atoms with E-state index in [-0.39, 0.29) is 118 Å². The molecule has 2 heterocycles. The summed E-state index contributed by atoms with van der Waals surface area (Å²) in [6.45, 7) is 31.6. The van der Waals surface area contributed by atoms with Crippen LogP contribution >= 0.6 is 0 Å². The lowest BCUT2D eigenvalue weighted by Gasteiger charge is -2.30. The zero-order valence-corrected chi connectivity index (χ0v) is 69.5. The minimum Gasteiger partial charge on any atom is -0.444 e. The van der Waals surface area contributed by atoms with Gasteiger partial charge >= 0.3 is 18.3 Å². The summed E-state index contributed by atoms with van der Waals surface area (Å²) in [6, 6.07) is 7.48. The highest BCUT2D eigenvalue weighted by Gasteiger charge is 2.40. The molecule has 7 atom stereocenters. The Morgan fingerprint density at radius 3 is 1.36 bits per heavy atom. The van der Waals surface area contributed by atoms with Crippen LogP contribution in [0.15, 0.2) is 77.0 Å². The van der Waals surface area contributed by atoms with Crippen molar-refractivity contribution in [1.29, 1.82) is 0 Å². The molecule has 0 saturated heterocycles. The van der Waals surface area contributed by atoms with Gasteiger partial charge in [0.2, 0.25) is 47.3 Å². The van der Waals surface area contributed by atoms with Crippen molar-refractivity contribution in [3.05, 3.63) is 93.8 Å². The first-order valence-corrected chi connectivity index (χ1v) is 39.3. The number of ketones is 2. The van der Waals surface area contributed by atoms with Gasteiger partial charge in [-0.3, -0.25) is 47.9 Å². The van der Waals surface area contributed by atoms with Gasteiger partial charge in [0.25, 0.3) is 0 Å². The molecule has 622 valence electrons. The molecule has 113 heavy (non-hydrogen) atoms. The van der Waals surface area contributed by atoms with Crippen molar-refractivity contribution < 1.29 is 76.5 Å². The zero-order chi connectivity index (χ0) is 84.5. The number of benzene rings is 2. The number of allylic oxidation sites excluding steroid dienone is 2. The molecule has 31 heteroatoms. The average Bonchev–Trinajstić information content (AvgIpc) is 1.70. The van der Waals surface area contributed by atoms with Crippen molar-refractivity contribution in [3.63, 3.8) is 0 Å². The first-order valence-electron chi connectivity index (χ1n) is 39.3. The molecule has 0 bridgehead atoms. The lowest BCUT2D eigenvalue weighted by molar-refractivity contribution is -0.136. The molecule has 1 aliphatic rings. The number of rotatable bonds is 39. The number of azide groups is 1. The Bertz CT molecular complexity index is 4100. The van der Waals surface area contributed by atoms with Gasteiger partial charge in [-0.2, -0.15) is 0 Å². The third kappa shape index (κ3) is 30.6. The highest BCUT2D eigenvalue weighted by atomic mass is 16.6. The maximum atomic E-state index is 15.5. The lowest BCUT2D eigenvalue weighted by Crippen LogP contribution is -2.61. The Hall–Kier alpha value is -10.3. The molecule has 7 unspecified atom stereocenters. The van der Waals surface area contributed by atoms with Crippen molar-refractivity contribution in [1.82, 2.24) is 62.3 Å². The number of carbonyl (C=O) groups is 13. The van der Waals surface area contributed by atoms with Gasteiger partial charge in [0.15, 0.2) is 11.6 Å². The van der Waals surface area contributed by atoms with Crippen LogP contribution in [-0.2, 0) is 75.0 Å². The number of alkyl carbamates (subject to hydrolysis) is 1. The fourth-order valence-electron chi connectivity index (χ4n) is 13.2. The van der Waals surface area contributed by atoms with Gasteiger partial charge in [-0.1, -0.05) is 103 Å². The second-order valence-electron chi connectivity index (χ2n) is 34.1. The fraction of sp³-hybridized carbons (Fsp3) is 0.622. The predicted molar refractivity (Wildman–Crippen MR) is 429 cm³/mol. The number of fused-ring (bicyclic) bond motifs is 2. The Balaban J connectivity index is 1.51. The van der Waals surface area contributed by atoms with Gasteiger partial charge in [-0.05, 0) is 179 Å². The molecule has 1 saturated carbocycles. The molecule has 31 nitrogen and oxygen atoms in total. The second kappa shape index (κ2) is 42.5. The summed E-state index contributed by atoms with van der Waals surface area (Å²) in [6.07, 6.45) is -0.437. The molecule has 2 aromatic carbocycles. The number of ether oxygens (including phenoxy) is 3. The normalized spacial score (nSPS) is 14.9. The van der Waals surface area contributed by atoms with E-state index in [9.17, 15) is 47.9 Å². The van der Waals surface area contributed by atoms with Crippen LogP contribution in [0.4, 0.5) is 14.4 Å². The van der Waals surface area contributed by atoms with E-state index < -0.39 is 142 Å². The largest absolute Gasteiger partial charge is 0.444 e. The molecule has 10 N–H and O–H groups in total. The van der Waals surface area contributed by atoms with Crippen LogP contribution in [0.2, 0.25) is 0 Å². The van der Waals surface area contributed by atoms with Gasteiger partial charge in [0.1, 0.15) is 59.1 Å². The third-order valence-electron chi connectivity index (χ3n) is 18.3. The summed E-state index contributed by atoms with van der Waals surface area (Å²) in [5, 5.41) is 33.0. The number of para-hydroxylation sites is 2. The van der Waals surface area contributed by atoms with Crippen molar-refractivity contribution in [2.45, 2.75) is 280 Å². The number of amides is 9. The standard InChI is InChI=1S/C82H123N15O16/c1-48(2)40-59(67-65(99)46-82(17,18)47-66(67)100)85-37-27-24-32-56(88-51(7)98)70(102)93-62(45-55-43-53-31-21-23-36-64(53)97(55)78(110)113-81(14,15)16)74(106)89-58(33-25-28-38-86-76(108)111-79(8,9)10)72(104)94-68(50(5)6)75(107)90-57(34-26-29-39-87-95-83)71(103)91-60(41-49(3)4)73(105)92-61(69(101)84-19)44-54-42-52-30-20-22-35-63(52)96(54)77(109)112-80(11,12)13/h20-23,30-31,35-36,42-43,48-50,56-58,60-62,68,85H,24-29,32-34,37-41,44-47H2,1-19H3,(H,84,101)(H,86,108)(H,88,98)(H,89,106)(H,90,107)(H,91,103)(H,92,105)(H,93,102)(H,94,104). The van der Waals surface area contributed by atoms with E-state index in [1.807, 2.05) is 41.5 Å². The number of unbranched alkanes of at least 4 members (excludes halogenated alkanes) is 3. The number of aromatic nitrogens is 2. The smallest absolute Gasteiger partial charge is 0.419 e. The summed E-state index contributed by atoms with van der Waals surface area (Å²) in [7, 11) is 1.39. The summed E-state index contributed by atoms with van der Waals surface area (Å²) >= 11 is 0. The highest BCUT2D eigenvalue weighted by molar-refractivity contribution is 6.22. The summed E-state index contributed by atoms with van der Waals surface area (Å²) in [4.78, 5) is 188. The van der Waals surface area contributed by atoms with Crippen LogP contribution < -0.4 is 53.2 Å². The van der Waals surface area contributed by atoms with Gasteiger partial charge in [-0.25, -0.2) is 23.5 Å². The van der Waals surface area contributed by atoms with E-state index in [4.69, 9.17) is 19.7 Å². The average molecular weight is 1570 g/mol. The van der Waals surface area contributed by atoms with E-state index in [0.717, 1.165) is 0 Å². The molecule has 4 aromatic rings. The predicted octanol–water partition coefficient (Wildman–Crippen LogP) is 10.0. The third-order valence-corrected chi connectivity index (χ3v) is 18.3. The summed E-state index contributed by atoms with van der Waals surface area (Å²) < 4.78 is 19.7. The van der Waals surface area contributed by atoms with E-state index in [1.54, 1.807) is 137 Å². The molecule has 1 aliphatic carbocycles. The molecule has 0 spiro atoms. The van der Waals surface area contributed by atoms with E-state index in [0.29, 0.717) is 59.0 Å². The van der Waals surface area contributed by atoms with Crippen LogP contribution in [0, 0.1) is 23.2 Å². The van der Waals surface area contributed by atoms with Gasteiger partial charge in [0, 0.05) is 92.1 Å². The maximum Gasteiger partial charge on any atom is 0.419 e. The van der Waals surface area contributed by atoms with E-state index in [1.165, 1.54) is 23.1 Å².